The fourth-order valence-electron chi connectivity index (χ4n) is 5.35. The number of aliphatic carboxylic acids is 1. The summed E-state index contributed by atoms with van der Waals surface area (Å²) in [5.41, 5.74) is 1.59. The van der Waals surface area contributed by atoms with Gasteiger partial charge in [0.15, 0.2) is 5.13 Å². The van der Waals surface area contributed by atoms with Crippen molar-refractivity contribution in [2.24, 2.45) is 5.92 Å². The lowest BCUT2D eigenvalue weighted by Gasteiger charge is -2.30. The lowest BCUT2D eigenvalue weighted by atomic mass is 9.97. The van der Waals surface area contributed by atoms with Gasteiger partial charge in [0, 0.05) is 36.1 Å². The van der Waals surface area contributed by atoms with Gasteiger partial charge in [-0.15, -0.1) is 13.2 Å². The molecule has 1 amide bonds. The number of hydrogen-bond acceptors (Lipinski definition) is 9. The Kier molecular flexibility index (Phi) is 8.64. The number of thiazole rings is 1. The SMILES string of the molecule is Cc1cc(OC(F)(F)F)cc(-c2nc(NC(=O)c3cnc(N4CCC(C(=O)O)CC4)cn3)sc2CN2CCC[C@H]2C)c1. The van der Waals surface area contributed by atoms with E-state index in [1.165, 1.54) is 35.9 Å². The third-order valence-corrected chi connectivity index (χ3v) is 8.51. The molecular weight excluding hydrogens is 573 g/mol. The first-order valence-electron chi connectivity index (χ1n) is 13.7. The second-order valence-electron chi connectivity index (χ2n) is 10.6. The minimum atomic E-state index is -4.83. The topological polar surface area (TPSA) is 121 Å². The number of piperidine rings is 1. The molecule has 2 aliphatic heterocycles. The van der Waals surface area contributed by atoms with Crippen LogP contribution in [-0.2, 0) is 11.3 Å². The molecule has 0 unspecified atom stereocenters. The van der Waals surface area contributed by atoms with Gasteiger partial charge < -0.3 is 14.7 Å². The average Bonchev–Trinajstić information content (AvgIpc) is 3.53. The summed E-state index contributed by atoms with van der Waals surface area (Å²) >= 11 is 1.27. The Balaban J connectivity index is 1.35. The minimum Gasteiger partial charge on any atom is -0.481 e. The van der Waals surface area contributed by atoms with E-state index in [0.717, 1.165) is 24.3 Å². The number of amides is 1. The average molecular weight is 605 g/mol. The van der Waals surface area contributed by atoms with Crippen LogP contribution in [0, 0.1) is 12.8 Å². The van der Waals surface area contributed by atoms with Gasteiger partial charge in [-0.3, -0.25) is 19.8 Å². The molecule has 14 heteroatoms. The van der Waals surface area contributed by atoms with Crippen molar-refractivity contribution in [2.75, 3.05) is 29.9 Å². The maximum Gasteiger partial charge on any atom is 0.573 e. The fourth-order valence-corrected chi connectivity index (χ4v) is 6.35. The molecule has 0 spiro atoms. The van der Waals surface area contributed by atoms with Gasteiger partial charge in [-0.1, -0.05) is 11.3 Å². The summed E-state index contributed by atoms with van der Waals surface area (Å²) in [6, 6.07) is 4.71. The predicted octanol–water partition coefficient (Wildman–Crippen LogP) is 5.34. The zero-order valence-electron chi connectivity index (χ0n) is 23.1. The molecule has 3 aromatic rings. The Morgan fingerprint density at radius 3 is 2.50 bits per heavy atom. The minimum absolute atomic E-state index is 0.0713. The van der Waals surface area contributed by atoms with E-state index >= 15 is 0 Å². The summed E-state index contributed by atoms with van der Waals surface area (Å²) in [6.07, 6.45) is 1.14. The van der Waals surface area contributed by atoms with Gasteiger partial charge in [-0.25, -0.2) is 15.0 Å². The Morgan fingerprint density at radius 2 is 1.88 bits per heavy atom. The van der Waals surface area contributed by atoms with Gasteiger partial charge in [0.2, 0.25) is 0 Å². The molecule has 0 aliphatic carbocycles. The van der Waals surface area contributed by atoms with Crippen LogP contribution in [0.3, 0.4) is 0 Å². The molecule has 2 saturated heterocycles. The molecule has 2 N–H and O–H groups in total. The lowest BCUT2D eigenvalue weighted by Crippen LogP contribution is -2.36. The number of nitrogens with zero attached hydrogens (tertiary/aromatic N) is 5. The Morgan fingerprint density at radius 1 is 1.12 bits per heavy atom. The van der Waals surface area contributed by atoms with Crippen LogP contribution in [0.5, 0.6) is 5.75 Å². The number of aromatic nitrogens is 3. The molecule has 4 heterocycles. The van der Waals surface area contributed by atoms with E-state index in [4.69, 9.17) is 0 Å². The van der Waals surface area contributed by atoms with Crippen LogP contribution in [0.1, 0.15) is 53.5 Å². The third kappa shape index (κ3) is 7.16. The maximum atomic E-state index is 13.1. The predicted molar refractivity (Wildman–Crippen MR) is 151 cm³/mol. The van der Waals surface area contributed by atoms with Gasteiger partial charge in [0.25, 0.3) is 5.91 Å². The zero-order valence-corrected chi connectivity index (χ0v) is 24.0. The van der Waals surface area contributed by atoms with Crippen molar-refractivity contribution in [1.82, 2.24) is 19.9 Å². The Labute approximate surface area is 244 Å². The quantitative estimate of drug-likeness (QED) is 0.351. The monoisotopic (exact) mass is 604 g/mol. The molecule has 2 fully saturated rings. The summed E-state index contributed by atoms with van der Waals surface area (Å²) < 4.78 is 43.1. The first-order valence-corrected chi connectivity index (χ1v) is 14.5. The number of alkyl halides is 3. The molecule has 2 aromatic heterocycles. The van der Waals surface area contributed by atoms with Crippen LogP contribution in [0.25, 0.3) is 11.3 Å². The van der Waals surface area contributed by atoms with Crippen LogP contribution in [0.4, 0.5) is 24.1 Å². The molecule has 224 valence electrons. The van der Waals surface area contributed by atoms with Crippen molar-refractivity contribution >= 4 is 34.2 Å². The van der Waals surface area contributed by atoms with E-state index in [1.54, 1.807) is 13.0 Å². The summed E-state index contributed by atoms with van der Waals surface area (Å²) in [5, 5.41) is 12.3. The van der Waals surface area contributed by atoms with E-state index in [0.29, 0.717) is 66.3 Å². The standard InChI is InChI=1S/C28H31F3N6O4S/c1-16-10-19(12-20(11-16)41-28(29,30)31)24-22(15-37-7-3-4-17(37)2)42-27(34-24)35-25(38)21-13-33-23(14-32-21)36-8-5-18(6-9-36)26(39)40/h10-14,17-18H,3-9,15H2,1-2H3,(H,39,40)(H,34,35,38)/t17-/m1/s1. The van der Waals surface area contributed by atoms with Crippen LogP contribution in [0.2, 0.25) is 0 Å². The molecular formula is C28H31F3N6O4S. The van der Waals surface area contributed by atoms with Gasteiger partial charge >= 0.3 is 12.3 Å². The van der Waals surface area contributed by atoms with E-state index in [2.05, 4.69) is 36.8 Å². The van der Waals surface area contributed by atoms with E-state index in [9.17, 15) is 27.9 Å². The first kappa shape index (κ1) is 29.7. The van der Waals surface area contributed by atoms with E-state index in [-0.39, 0.29) is 17.4 Å². The van der Waals surface area contributed by atoms with Gasteiger partial charge in [0.1, 0.15) is 17.3 Å². The molecule has 0 bridgehead atoms. The number of carbonyl (C=O) groups excluding carboxylic acids is 1. The van der Waals surface area contributed by atoms with Crippen molar-refractivity contribution in [1.29, 1.82) is 0 Å². The van der Waals surface area contributed by atoms with Crippen molar-refractivity contribution < 1.29 is 32.6 Å². The lowest BCUT2D eigenvalue weighted by molar-refractivity contribution is -0.274. The Hall–Kier alpha value is -3.78. The molecule has 0 saturated carbocycles. The first-order chi connectivity index (χ1) is 19.9. The molecule has 1 aromatic carbocycles. The van der Waals surface area contributed by atoms with Crippen molar-refractivity contribution in [2.45, 2.75) is 58.5 Å². The third-order valence-electron chi connectivity index (χ3n) is 7.55. The second kappa shape index (κ2) is 12.2. The van der Waals surface area contributed by atoms with Crippen LogP contribution < -0.4 is 15.0 Å². The molecule has 10 nitrogen and oxygen atoms in total. The maximum absolute atomic E-state index is 13.1. The number of aryl methyl sites for hydroxylation is 1. The van der Waals surface area contributed by atoms with Crippen LogP contribution >= 0.6 is 11.3 Å². The van der Waals surface area contributed by atoms with E-state index in [1.807, 2.05) is 4.90 Å². The highest BCUT2D eigenvalue weighted by atomic mass is 32.1. The summed E-state index contributed by atoms with van der Waals surface area (Å²) in [4.78, 5) is 42.5. The fraction of sp³-hybridized carbons (Fsp3) is 0.464. The summed E-state index contributed by atoms with van der Waals surface area (Å²) in [6.45, 7) is 6.32. The molecule has 0 radical (unpaired) electrons. The molecule has 2 aliphatic rings. The Bertz CT molecular complexity index is 1440. The highest BCUT2D eigenvalue weighted by molar-refractivity contribution is 7.16. The number of halogens is 3. The number of likely N-dealkylation sites (tertiary alicyclic amines) is 1. The van der Waals surface area contributed by atoms with Gasteiger partial charge in [-0.2, -0.15) is 0 Å². The highest BCUT2D eigenvalue weighted by Gasteiger charge is 2.32. The number of carboxylic acids is 1. The van der Waals surface area contributed by atoms with E-state index < -0.39 is 18.2 Å². The van der Waals surface area contributed by atoms with Gasteiger partial charge in [-0.05, 0) is 69.8 Å². The smallest absolute Gasteiger partial charge is 0.481 e. The largest absolute Gasteiger partial charge is 0.573 e. The molecule has 1 atom stereocenters. The molecule has 42 heavy (non-hydrogen) atoms. The van der Waals surface area contributed by atoms with Crippen LogP contribution in [0.15, 0.2) is 30.6 Å². The second-order valence-corrected chi connectivity index (χ2v) is 11.7. The normalized spacial score (nSPS) is 18.3. The number of rotatable bonds is 8. The summed E-state index contributed by atoms with van der Waals surface area (Å²) in [7, 11) is 0. The van der Waals surface area contributed by atoms with Crippen molar-refractivity contribution in [3.63, 3.8) is 0 Å². The number of carbonyl (C=O) groups is 2. The number of ether oxygens (including phenoxy) is 1. The number of carboxylic acid groups (broad SMARTS) is 1. The number of benzene rings is 1. The number of anilines is 2. The van der Waals surface area contributed by atoms with Crippen LogP contribution in [-0.4, -0.2) is 68.9 Å². The summed E-state index contributed by atoms with van der Waals surface area (Å²) in [5.74, 6) is -1.46. The van der Waals surface area contributed by atoms with Gasteiger partial charge in [0.05, 0.1) is 24.0 Å². The number of hydrogen-bond donors (Lipinski definition) is 2. The van der Waals surface area contributed by atoms with Crippen molar-refractivity contribution in [3.05, 3.63) is 46.7 Å². The number of nitrogens with one attached hydrogen (secondary N) is 1. The zero-order chi connectivity index (χ0) is 30.0. The molecule has 5 rings (SSSR count). The highest BCUT2D eigenvalue weighted by Crippen LogP contribution is 2.37. The van der Waals surface area contributed by atoms with Crippen molar-refractivity contribution in [3.8, 4) is 17.0 Å².